The van der Waals surface area contributed by atoms with Crippen molar-refractivity contribution < 1.29 is 4.79 Å². The second kappa shape index (κ2) is 5.25. The molecule has 102 valence electrons. The molecule has 3 rings (SSSR count). The summed E-state index contributed by atoms with van der Waals surface area (Å²) < 4.78 is 1.15. The van der Waals surface area contributed by atoms with Crippen LogP contribution in [0.5, 0.6) is 0 Å². The Labute approximate surface area is 122 Å². The molecule has 1 saturated carbocycles. The van der Waals surface area contributed by atoms with E-state index in [1.54, 1.807) is 0 Å². The van der Waals surface area contributed by atoms with Gasteiger partial charge in [-0.15, -0.1) is 0 Å². The average molecular weight is 323 g/mol. The summed E-state index contributed by atoms with van der Waals surface area (Å²) in [6, 6.07) is 8.37. The zero-order valence-electron chi connectivity index (χ0n) is 10.9. The van der Waals surface area contributed by atoms with Crippen molar-refractivity contribution in [2.75, 3.05) is 13.1 Å². The van der Waals surface area contributed by atoms with E-state index in [0.717, 1.165) is 43.2 Å². The third-order valence-corrected chi connectivity index (χ3v) is 4.97. The summed E-state index contributed by atoms with van der Waals surface area (Å²) >= 11 is 3.62. The molecule has 0 bridgehead atoms. The first-order valence-electron chi connectivity index (χ1n) is 6.97. The van der Waals surface area contributed by atoms with Crippen molar-refractivity contribution in [3.63, 3.8) is 0 Å². The van der Waals surface area contributed by atoms with Gasteiger partial charge in [0.05, 0.1) is 6.04 Å². The minimum atomic E-state index is 0.0232. The standard InChI is InChI=1S/C15H19BrN2O/c16-12-5-2-1-4-11(12)15(7-8-15)10-18-14(19)13-6-3-9-17-13/h1-2,4-5,13,17H,3,6-10H2,(H,18,19). The van der Waals surface area contributed by atoms with E-state index in [9.17, 15) is 4.79 Å². The third kappa shape index (κ3) is 2.70. The van der Waals surface area contributed by atoms with E-state index >= 15 is 0 Å². The zero-order chi connectivity index (χ0) is 13.3. The van der Waals surface area contributed by atoms with Gasteiger partial charge in [-0.05, 0) is 43.9 Å². The third-order valence-electron chi connectivity index (χ3n) is 4.28. The SMILES string of the molecule is O=C(NCC1(c2ccccc2Br)CC1)C1CCCN1. The second-order valence-corrected chi connectivity index (χ2v) is 6.48. The van der Waals surface area contributed by atoms with Gasteiger partial charge in [0.15, 0.2) is 0 Å². The maximum absolute atomic E-state index is 12.1. The summed E-state index contributed by atoms with van der Waals surface area (Å²) in [6.45, 7) is 1.72. The number of hydrogen-bond donors (Lipinski definition) is 2. The van der Waals surface area contributed by atoms with Crippen LogP contribution < -0.4 is 10.6 Å². The lowest BCUT2D eigenvalue weighted by Crippen LogP contribution is -2.43. The molecule has 4 heteroatoms. The molecule has 1 aromatic rings. The van der Waals surface area contributed by atoms with Crippen LogP contribution in [0.15, 0.2) is 28.7 Å². The van der Waals surface area contributed by atoms with E-state index in [-0.39, 0.29) is 17.4 Å². The number of nitrogens with one attached hydrogen (secondary N) is 2. The van der Waals surface area contributed by atoms with E-state index < -0.39 is 0 Å². The topological polar surface area (TPSA) is 41.1 Å². The minimum Gasteiger partial charge on any atom is -0.354 e. The van der Waals surface area contributed by atoms with Gasteiger partial charge in [-0.2, -0.15) is 0 Å². The molecule has 1 atom stereocenters. The van der Waals surface area contributed by atoms with Crippen LogP contribution in [0.2, 0.25) is 0 Å². The molecule has 2 fully saturated rings. The number of hydrogen-bond acceptors (Lipinski definition) is 2. The monoisotopic (exact) mass is 322 g/mol. The summed E-state index contributed by atoms with van der Waals surface area (Å²) in [7, 11) is 0. The molecule has 1 amide bonds. The fourth-order valence-electron chi connectivity index (χ4n) is 2.87. The van der Waals surface area contributed by atoms with Crippen molar-refractivity contribution in [3.05, 3.63) is 34.3 Å². The normalized spacial score (nSPS) is 24.2. The second-order valence-electron chi connectivity index (χ2n) is 5.63. The molecule has 1 saturated heterocycles. The summed E-state index contributed by atoms with van der Waals surface area (Å²) in [5.74, 6) is 0.163. The van der Waals surface area contributed by atoms with Crippen molar-refractivity contribution in [1.82, 2.24) is 10.6 Å². The van der Waals surface area contributed by atoms with Gasteiger partial charge in [0, 0.05) is 16.4 Å². The van der Waals surface area contributed by atoms with Crippen molar-refractivity contribution in [2.24, 2.45) is 0 Å². The molecule has 1 aromatic carbocycles. The van der Waals surface area contributed by atoms with Gasteiger partial charge in [0.1, 0.15) is 0 Å². The average Bonchev–Trinajstić information content (AvgIpc) is 3.00. The molecular formula is C15H19BrN2O. The van der Waals surface area contributed by atoms with Crippen LogP contribution in [0.3, 0.4) is 0 Å². The predicted octanol–water partition coefficient (Wildman–Crippen LogP) is 2.35. The lowest BCUT2D eigenvalue weighted by Gasteiger charge is -2.19. The Morgan fingerprint density at radius 2 is 2.21 bits per heavy atom. The molecule has 0 aromatic heterocycles. The van der Waals surface area contributed by atoms with E-state index in [1.165, 1.54) is 5.56 Å². The van der Waals surface area contributed by atoms with E-state index in [1.807, 2.05) is 6.07 Å². The molecular weight excluding hydrogens is 304 g/mol. The molecule has 19 heavy (non-hydrogen) atoms. The molecule has 1 heterocycles. The van der Waals surface area contributed by atoms with Crippen LogP contribution in [0.4, 0.5) is 0 Å². The number of amides is 1. The molecule has 2 N–H and O–H groups in total. The van der Waals surface area contributed by atoms with E-state index in [4.69, 9.17) is 0 Å². The van der Waals surface area contributed by atoms with Crippen LogP contribution in [-0.2, 0) is 10.2 Å². The van der Waals surface area contributed by atoms with Crippen LogP contribution >= 0.6 is 15.9 Å². The van der Waals surface area contributed by atoms with Gasteiger partial charge in [-0.25, -0.2) is 0 Å². The van der Waals surface area contributed by atoms with Gasteiger partial charge in [-0.1, -0.05) is 34.1 Å². The molecule has 3 nitrogen and oxygen atoms in total. The van der Waals surface area contributed by atoms with Crippen molar-refractivity contribution in [1.29, 1.82) is 0 Å². The fourth-order valence-corrected chi connectivity index (χ4v) is 3.58. The Kier molecular flexibility index (Phi) is 3.63. The van der Waals surface area contributed by atoms with Gasteiger partial charge in [0.25, 0.3) is 0 Å². The highest BCUT2D eigenvalue weighted by atomic mass is 79.9. The Balaban J connectivity index is 1.63. The smallest absolute Gasteiger partial charge is 0.237 e. The molecule has 0 spiro atoms. The number of carbonyl (C=O) groups is 1. The zero-order valence-corrected chi connectivity index (χ0v) is 12.5. The lowest BCUT2D eigenvalue weighted by atomic mass is 9.96. The van der Waals surface area contributed by atoms with Gasteiger partial charge in [-0.3, -0.25) is 4.79 Å². The molecule has 1 aliphatic heterocycles. The maximum Gasteiger partial charge on any atom is 0.237 e. The summed E-state index contributed by atoms with van der Waals surface area (Å²) in [4.78, 5) is 12.1. The van der Waals surface area contributed by atoms with Crippen molar-refractivity contribution >= 4 is 21.8 Å². The lowest BCUT2D eigenvalue weighted by molar-refractivity contribution is -0.122. The molecule has 1 unspecified atom stereocenters. The van der Waals surface area contributed by atoms with E-state index in [2.05, 4.69) is 44.8 Å². The first-order valence-corrected chi connectivity index (χ1v) is 7.77. The quantitative estimate of drug-likeness (QED) is 0.893. The highest BCUT2D eigenvalue weighted by Crippen LogP contribution is 2.49. The highest BCUT2D eigenvalue weighted by Gasteiger charge is 2.45. The van der Waals surface area contributed by atoms with Gasteiger partial charge < -0.3 is 10.6 Å². The number of carbonyl (C=O) groups excluding carboxylic acids is 1. The number of halogens is 1. The summed E-state index contributed by atoms with van der Waals surface area (Å²) in [5, 5.41) is 6.37. The highest BCUT2D eigenvalue weighted by molar-refractivity contribution is 9.10. The molecule has 1 aliphatic carbocycles. The Hall–Kier alpha value is -0.870. The number of benzene rings is 1. The van der Waals surface area contributed by atoms with Crippen LogP contribution in [0.1, 0.15) is 31.2 Å². The molecule has 2 aliphatic rings. The van der Waals surface area contributed by atoms with Crippen LogP contribution in [-0.4, -0.2) is 25.0 Å². The van der Waals surface area contributed by atoms with Gasteiger partial charge >= 0.3 is 0 Å². The largest absolute Gasteiger partial charge is 0.354 e. The Morgan fingerprint density at radius 1 is 1.42 bits per heavy atom. The maximum atomic E-state index is 12.1. The summed E-state index contributed by atoms with van der Waals surface area (Å²) in [6.07, 6.45) is 4.39. The van der Waals surface area contributed by atoms with Gasteiger partial charge in [0.2, 0.25) is 5.91 Å². The fraction of sp³-hybridized carbons (Fsp3) is 0.533. The summed E-state index contributed by atoms with van der Waals surface area (Å²) in [5.41, 5.74) is 1.49. The van der Waals surface area contributed by atoms with E-state index in [0.29, 0.717) is 0 Å². The predicted molar refractivity (Wildman–Crippen MR) is 79.1 cm³/mol. The number of rotatable bonds is 4. The molecule has 0 radical (unpaired) electrons. The first-order chi connectivity index (χ1) is 9.21. The van der Waals surface area contributed by atoms with Crippen molar-refractivity contribution in [3.8, 4) is 0 Å². The van der Waals surface area contributed by atoms with Crippen LogP contribution in [0, 0.1) is 0 Å². The Bertz CT molecular complexity index is 479. The van der Waals surface area contributed by atoms with Crippen molar-refractivity contribution in [2.45, 2.75) is 37.1 Å². The Morgan fingerprint density at radius 3 is 2.84 bits per heavy atom. The minimum absolute atomic E-state index is 0.0232. The first kappa shape index (κ1) is 13.1. The van der Waals surface area contributed by atoms with Crippen LogP contribution in [0.25, 0.3) is 0 Å².